The van der Waals surface area contributed by atoms with Crippen LogP contribution in [-0.2, 0) is 20.9 Å². The molecule has 0 spiro atoms. The Kier molecular flexibility index (Phi) is 5.31. The van der Waals surface area contributed by atoms with Gasteiger partial charge in [0.15, 0.2) is 0 Å². The summed E-state index contributed by atoms with van der Waals surface area (Å²) in [5.41, 5.74) is 0. The third-order valence-electron chi connectivity index (χ3n) is 3.04. The van der Waals surface area contributed by atoms with Gasteiger partial charge in [-0.25, -0.2) is 4.79 Å². The van der Waals surface area contributed by atoms with E-state index in [1.54, 1.807) is 6.08 Å². The Morgan fingerprint density at radius 1 is 1.50 bits per heavy atom. The summed E-state index contributed by atoms with van der Waals surface area (Å²) in [6.45, 7) is 1.72. The predicted octanol–water partition coefficient (Wildman–Crippen LogP) is 1.89. The minimum Gasteiger partial charge on any atom is -0.478 e. The summed E-state index contributed by atoms with van der Waals surface area (Å²) in [5, 5.41) is 11.4. The number of rotatable bonds is 5. The Bertz CT molecular complexity index is 503. The number of hydrogen-bond donors (Lipinski definition) is 2. The molecule has 1 aromatic heterocycles. The number of aliphatic carboxylic acids is 1. The van der Waals surface area contributed by atoms with Crippen LogP contribution in [0.1, 0.15) is 22.6 Å². The third-order valence-corrected chi connectivity index (χ3v) is 4.09. The van der Waals surface area contributed by atoms with Gasteiger partial charge in [0.05, 0.1) is 19.1 Å². The lowest BCUT2D eigenvalue weighted by Gasteiger charge is -2.21. The van der Waals surface area contributed by atoms with Gasteiger partial charge in [-0.1, -0.05) is 0 Å². The number of hydrogen-bond acceptors (Lipinski definition) is 4. The lowest BCUT2D eigenvalue weighted by molar-refractivity contribution is -0.131. The highest BCUT2D eigenvalue weighted by molar-refractivity contribution is 7.12. The second kappa shape index (κ2) is 7.21. The van der Waals surface area contributed by atoms with Crippen molar-refractivity contribution in [1.29, 1.82) is 0 Å². The van der Waals surface area contributed by atoms with Crippen molar-refractivity contribution in [3.05, 3.63) is 28.0 Å². The van der Waals surface area contributed by atoms with Crippen LogP contribution in [0.2, 0.25) is 0 Å². The van der Waals surface area contributed by atoms with Crippen LogP contribution in [0, 0.1) is 5.92 Å². The van der Waals surface area contributed by atoms with Gasteiger partial charge in [0.25, 0.3) is 0 Å². The topological polar surface area (TPSA) is 75.6 Å². The Morgan fingerprint density at radius 3 is 3.05 bits per heavy atom. The van der Waals surface area contributed by atoms with Crippen molar-refractivity contribution in [3.63, 3.8) is 0 Å². The summed E-state index contributed by atoms with van der Waals surface area (Å²) in [4.78, 5) is 24.2. The van der Waals surface area contributed by atoms with E-state index in [9.17, 15) is 9.59 Å². The zero-order chi connectivity index (χ0) is 14.4. The molecule has 6 heteroatoms. The summed E-state index contributed by atoms with van der Waals surface area (Å²) in [6, 6.07) is 3.74. The summed E-state index contributed by atoms with van der Waals surface area (Å²) >= 11 is 1.47. The highest BCUT2D eigenvalue weighted by Crippen LogP contribution is 2.18. The molecule has 0 aromatic carbocycles. The van der Waals surface area contributed by atoms with Crippen LogP contribution in [0.15, 0.2) is 18.2 Å². The average molecular weight is 295 g/mol. The van der Waals surface area contributed by atoms with E-state index in [2.05, 4.69) is 5.32 Å². The molecule has 0 radical (unpaired) electrons. The maximum Gasteiger partial charge on any atom is 0.328 e. The maximum absolute atomic E-state index is 11.9. The van der Waals surface area contributed by atoms with Gasteiger partial charge in [-0.05, 0) is 31.1 Å². The number of carboxylic acids is 1. The Morgan fingerprint density at radius 2 is 2.35 bits per heavy atom. The molecule has 1 amide bonds. The van der Waals surface area contributed by atoms with Crippen LogP contribution in [0.3, 0.4) is 0 Å². The second-order valence-electron chi connectivity index (χ2n) is 4.61. The molecule has 1 saturated heterocycles. The molecule has 5 nitrogen and oxygen atoms in total. The second-order valence-corrected chi connectivity index (χ2v) is 5.81. The first-order valence-electron chi connectivity index (χ1n) is 6.50. The van der Waals surface area contributed by atoms with Gasteiger partial charge in [-0.2, -0.15) is 0 Å². The van der Waals surface area contributed by atoms with E-state index in [0.717, 1.165) is 35.3 Å². The summed E-state index contributed by atoms with van der Waals surface area (Å²) in [5.74, 6) is -0.985. The lowest BCUT2D eigenvalue weighted by Crippen LogP contribution is -2.35. The van der Waals surface area contributed by atoms with Crippen LogP contribution < -0.4 is 5.32 Å². The van der Waals surface area contributed by atoms with Crippen molar-refractivity contribution in [2.75, 3.05) is 13.2 Å². The standard InChI is InChI=1S/C14H17NO4S/c16-13(17)6-5-11-3-4-12(20-11)8-15-14(18)10-2-1-7-19-9-10/h3-6,10H,1-2,7-9H2,(H,15,18)(H,16,17). The fraction of sp³-hybridized carbons (Fsp3) is 0.429. The highest BCUT2D eigenvalue weighted by Gasteiger charge is 2.21. The Balaban J connectivity index is 1.81. The van der Waals surface area contributed by atoms with Crippen molar-refractivity contribution >= 4 is 29.3 Å². The van der Waals surface area contributed by atoms with Crippen LogP contribution in [0.25, 0.3) is 6.08 Å². The van der Waals surface area contributed by atoms with Crippen LogP contribution >= 0.6 is 11.3 Å². The number of nitrogens with one attached hydrogen (secondary N) is 1. The SMILES string of the molecule is O=C(O)C=Cc1ccc(CNC(=O)C2CCCOC2)s1. The van der Waals surface area contributed by atoms with Crippen molar-refractivity contribution in [2.24, 2.45) is 5.92 Å². The predicted molar refractivity (Wildman–Crippen MR) is 76.4 cm³/mol. The van der Waals surface area contributed by atoms with E-state index >= 15 is 0 Å². The summed E-state index contributed by atoms with van der Waals surface area (Å²) in [6.07, 6.45) is 4.46. The average Bonchev–Trinajstić information content (AvgIpc) is 2.91. The quantitative estimate of drug-likeness (QED) is 0.813. The summed E-state index contributed by atoms with van der Waals surface area (Å²) in [7, 11) is 0. The van der Waals surface area contributed by atoms with E-state index in [-0.39, 0.29) is 11.8 Å². The monoisotopic (exact) mass is 295 g/mol. The van der Waals surface area contributed by atoms with Gasteiger partial charge in [0, 0.05) is 22.4 Å². The number of carbonyl (C=O) groups excluding carboxylic acids is 1. The number of carbonyl (C=O) groups is 2. The zero-order valence-electron chi connectivity index (χ0n) is 11.0. The van der Waals surface area contributed by atoms with Crippen molar-refractivity contribution < 1.29 is 19.4 Å². The molecule has 20 heavy (non-hydrogen) atoms. The lowest BCUT2D eigenvalue weighted by atomic mass is 10.0. The molecular weight excluding hydrogens is 278 g/mol. The fourth-order valence-electron chi connectivity index (χ4n) is 2.00. The van der Waals surface area contributed by atoms with E-state index in [1.807, 2.05) is 12.1 Å². The minimum atomic E-state index is -0.967. The fourth-order valence-corrected chi connectivity index (χ4v) is 2.85. The van der Waals surface area contributed by atoms with Crippen molar-refractivity contribution in [2.45, 2.75) is 19.4 Å². The number of carboxylic acid groups (broad SMARTS) is 1. The van der Waals surface area contributed by atoms with E-state index in [4.69, 9.17) is 9.84 Å². The van der Waals surface area contributed by atoms with Gasteiger partial charge in [-0.3, -0.25) is 4.79 Å². The molecule has 1 unspecified atom stereocenters. The molecule has 0 saturated carbocycles. The molecule has 108 valence electrons. The first-order valence-corrected chi connectivity index (χ1v) is 7.32. The smallest absolute Gasteiger partial charge is 0.328 e. The first kappa shape index (κ1) is 14.7. The summed E-state index contributed by atoms with van der Waals surface area (Å²) < 4.78 is 5.29. The number of amides is 1. The molecule has 2 rings (SSSR count). The van der Waals surface area contributed by atoms with E-state index in [1.165, 1.54) is 11.3 Å². The third kappa shape index (κ3) is 4.47. The Labute approximate surface area is 121 Å². The maximum atomic E-state index is 11.9. The number of thiophene rings is 1. The first-order chi connectivity index (χ1) is 9.65. The Hall–Kier alpha value is -1.66. The van der Waals surface area contributed by atoms with Crippen LogP contribution in [0.4, 0.5) is 0 Å². The normalized spacial score (nSPS) is 19.1. The van der Waals surface area contributed by atoms with Crippen LogP contribution in [0.5, 0.6) is 0 Å². The molecule has 1 aliphatic heterocycles. The molecule has 2 N–H and O–H groups in total. The van der Waals surface area contributed by atoms with Crippen molar-refractivity contribution in [1.82, 2.24) is 5.32 Å². The molecule has 1 aromatic rings. The largest absolute Gasteiger partial charge is 0.478 e. The molecule has 1 aliphatic rings. The van der Waals surface area contributed by atoms with Gasteiger partial charge in [-0.15, -0.1) is 11.3 Å². The van der Waals surface area contributed by atoms with E-state index in [0.29, 0.717) is 13.2 Å². The minimum absolute atomic E-state index is 0.0285. The molecular formula is C14H17NO4S. The van der Waals surface area contributed by atoms with Crippen molar-refractivity contribution in [3.8, 4) is 0 Å². The van der Waals surface area contributed by atoms with Gasteiger partial charge >= 0.3 is 5.97 Å². The molecule has 2 heterocycles. The van der Waals surface area contributed by atoms with Gasteiger partial charge in [0.1, 0.15) is 0 Å². The zero-order valence-corrected chi connectivity index (χ0v) is 11.8. The van der Waals surface area contributed by atoms with Gasteiger partial charge < -0.3 is 15.2 Å². The van der Waals surface area contributed by atoms with Gasteiger partial charge in [0.2, 0.25) is 5.91 Å². The number of ether oxygens (including phenoxy) is 1. The molecule has 1 fully saturated rings. The molecule has 0 aliphatic carbocycles. The van der Waals surface area contributed by atoms with E-state index < -0.39 is 5.97 Å². The highest BCUT2D eigenvalue weighted by atomic mass is 32.1. The van der Waals surface area contributed by atoms with Crippen LogP contribution in [-0.4, -0.2) is 30.2 Å². The molecule has 1 atom stereocenters. The molecule has 0 bridgehead atoms.